The van der Waals surface area contributed by atoms with Crippen LogP contribution in [-0.4, -0.2) is 40.6 Å². The molecule has 1 aromatic heterocycles. The predicted molar refractivity (Wildman–Crippen MR) is 69.6 cm³/mol. The first-order valence-corrected chi connectivity index (χ1v) is 6.60. The Morgan fingerprint density at radius 2 is 2.44 bits per heavy atom. The van der Waals surface area contributed by atoms with E-state index in [1.807, 2.05) is 4.90 Å². The number of pyridine rings is 1. The highest BCUT2D eigenvalue weighted by Gasteiger charge is 2.25. The summed E-state index contributed by atoms with van der Waals surface area (Å²) in [7, 11) is 0. The number of hydrogen-bond acceptors (Lipinski definition) is 3. The monoisotopic (exact) mass is 268 g/mol. The molecular formula is C13H17ClN2O2. The zero-order valence-electron chi connectivity index (χ0n) is 10.2. The van der Waals surface area contributed by atoms with Crippen molar-refractivity contribution >= 4 is 17.5 Å². The summed E-state index contributed by atoms with van der Waals surface area (Å²) in [5.74, 6) is 0.360. The van der Waals surface area contributed by atoms with Crippen LogP contribution in [0.1, 0.15) is 29.6 Å². The van der Waals surface area contributed by atoms with E-state index in [-0.39, 0.29) is 12.5 Å². The molecule has 0 saturated carbocycles. The lowest BCUT2D eigenvalue weighted by molar-refractivity contribution is 0.0653. The van der Waals surface area contributed by atoms with E-state index in [1.54, 1.807) is 12.3 Å². The maximum atomic E-state index is 12.3. The minimum Gasteiger partial charge on any atom is -0.396 e. The molecule has 1 atom stereocenters. The Kier molecular flexibility index (Phi) is 4.55. The Labute approximate surface area is 112 Å². The standard InChI is InChI=1S/C13H17ClN2O2/c14-12-8-15-5-3-11(12)13(18)16-6-1-2-10(9-16)4-7-17/h3,5,8,10,17H,1-2,4,6-7,9H2. The number of aromatic nitrogens is 1. The predicted octanol–water partition coefficient (Wildman–Crippen LogP) is 1.97. The average Bonchev–Trinajstić information content (AvgIpc) is 2.39. The van der Waals surface area contributed by atoms with Crippen molar-refractivity contribution in [1.82, 2.24) is 9.88 Å². The van der Waals surface area contributed by atoms with E-state index in [0.717, 1.165) is 25.8 Å². The van der Waals surface area contributed by atoms with Crippen LogP contribution >= 0.6 is 11.6 Å². The van der Waals surface area contributed by atoms with Gasteiger partial charge in [-0.3, -0.25) is 9.78 Å². The van der Waals surface area contributed by atoms with Gasteiger partial charge in [-0.25, -0.2) is 0 Å². The zero-order chi connectivity index (χ0) is 13.0. The number of piperidine rings is 1. The lowest BCUT2D eigenvalue weighted by Gasteiger charge is -2.32. The van der Waals surface area contributed by atoms with Crippen LogP contribution in [-0.2, 0) is 0 Å². The molecule has 2 rings (SSSR count). The summed E-state index contributed by atoms with van der Waals surface area (Å²) in [6, 6.07) is 1.65. The summed E-state index contributed by atoms with van der Waals surface area (Å²) in [5.41, 5.74) is 0.510. The molecule has 2 heterocycles. The van der Waals surface area contributed by atoms with Gasteiger partial charge in [-0.05, 0) is 31.2 Å². The van der Waals surface area contributed by atoms with Crippen molar-refractivity contribution in [1.29, 1.82) is 0 Å². The maximum Gasteiger partial charge on any atom is 0.255 e. The van der Waals surface area contributed by atoms with Gasteiger partial charge in [0.2, 0.25) is 0 Å². The third-order valence-electron chi connectivity index (χ3n) is 3.35. The summed E-state index contributed by atoms with van der Waals surface area (Å²) in [5, 5.41) is 9.37. The molecule has 98 valence electrons. The maximum absolute atomic E-state index is 12.3. The number of rotatable bonds is 3. The van der Waals surface area contributed by atoms with Gasteiger partial charge in [-0.15, -0.1) is 0 Å². The molecule has 1 amide bonds. The second-order valence-electron chi connectivity index (χ2n) is 4.63. The van der Waals surface area contributed by atoms with Crippen LogP contribution in [0.3, 0.4) is 0 Å². The van der Waals surface area contributed by atoms with Gasteiger partial charge >= 0.3 is 0 Å². The molecular weight excluding hydrogens is 252 g/mol. The molecule has 0 radical (unpaired) electrons. The normalized spacial score (nSPS) is 19.9. The van der Waals surface area contributed by atoms with Crippen molar-refractivity contribution in [3.63, 3.8) is 0 Å². The second-order valence-corrected chi connectivity index (χ2v) is 5.03. The van der Waals surface area contributed by atoms with Gasteiger partial charge in [0.25, 0.3) is 5.91 Å². The molecule has 0 aromatic carbocycles. The number of aliphatic hydroxyl groups excluding tert-OH is 1. The highest BCUT2D eigenvalue weighted by molar-refractivity contribution is 6.33. The summed E-state index contributed by atoms with van der Waals surface area (Å²) < 4.78 is 0. The van der Waals surface area contributed by atoms with E-state index in [4.69, 9.17) is 16.7 Å². The summed E-state index contributed by atoms with van der Waals surface area (Å²) in [6.07, 6.45) is 5.89. The lowest BCUT2D eigenvalue weighted by Crippen LogP contribution is -2.40. The van der Waals surface area contributed by atoms with Gasteiger partial charge in [-0.1, -0.05) is 11.6 Å². The van der Waals surface area contributed by atoms with Crippen molar-refractivity contribution < 1.29 is 9.90 Å². The van der Waals surface area contributed by atoms with E-state index >= 15 is 0 Å². The molecule has 1 fully saturated rings. The van der Waals surface area contributed by atoms with Crippen molar-refractivity contribution in [2.45, 2.75) is 19.3 Å². The molecule has 5 heteroatoms. The molecule has 4 nitrogen and oxygen atoms in total. The minimum atomic E-state index is -0.0370. The molecule has 0 aliphatic carbocycles. The van der Waals surface area contributed by atoms with Gasteiger partial charge in [0.15, 0.2) is 0 Å². The molecule has 1 unspecified atom stereocenters. The van der Waals surface area contributed by atoms with Gasteiger partial charge in [-0.2, -0.15) is 0 Å². The molecule has 1 aromatic rings. The van der Waals surface area contributed by atoms with E-state index in [1.165, 1.54) is 6.20 Å². The van der Waals surface area contributed by atoms with Crippen LogP contribution in [0.5, 0.6) is 0 Å². The second kappa shape index (κ2) is 6.16. The molecule has 1 N–H and O–H groups in total. The first-order chi connectivity index (χ1) is 8.72. The largest absolute Gasteiger partial charge is 0.396 e. The zero-order valence-corrected chi connectivity index (χ0v) is 10.9. The summed E-state index contributed by atoms with van der Waals surface area (Å²) >= 11 is 5.99. The number of likely N-dealkylation sites (tertiary alicyclic amines) is 1. The lowest BCUT2D eigenvalue weighted by atomic mass is 9.95. The van der Waals surface area contributed by atoms with Crippen LogP contribution in [0, 0.1) is 5.92 Å². The van der Waals surface area contributed by atoms with E-state index in [0.29, 0.717) is 23.0 Å². The minimum absolute atomic E-state index is 0.0370. The molecule has 1 saturated heterocycles. The number of carbonyl (C=O) groups excluding carboxylic acids is 1. The molecule has 18 heavy (non-hydrogen) atoms. The molecule has 0 spiro atoms. The third kappa shape index (κ3) is 3.00. The van der Waals surface area contributed by atoms with Crippen molar-refractivity contribution in [2.75, 3.05) is 19.7 Å². The van der Waals surface area contributed by atoms with E-state index in [9.17, 15) is 4.79 Å². The number of aliphatic hydroxyl groups is 1. The van der Waals surface area contributed by atoms with Gasteiger partial charge in [0, 0.05) is 32.1 Å². The van der Waals surface area contributed by atoms with Crippen LogP contribution in [0.15, 0.2) is 18.5 Å². The number of carbonyl (C=O) groups is 1. The molecule has 0 bridgehead atoms. The van der Waals surface area contributed by atoms with Crippen molar-refractivity contribution in [3.8, 4) is 0 Å². The highest BCUT2D eigenvalue weighted by atomic mass is 35.5. The third-order valence-corrected chi connectivity index (χ3v) is 3.65. The van der Waals surface area contributed by atoms with Crippen molar-refractivity contribution in [3.05, 3.63) is 29.0 Å². The van der Waals surface area contributed by atoms with Crippen LogP contribution < -0.4 is 0 Å². The Balaban J connectivity index is 2.07. The first kappa shape index (κ1) is 13.3. The van der Waals surface area contributed by atoms with Crippen LogP contribution in [0.4, 0.5) is 0 Å². The summed E-state index contributed by atoms with van der Waals surface area (Å²) in [6.45, 7) is 1.65. The topological polar surface area (TPSA) is 53.4 Å². The number of nitrogens with zero attached hydrogens (tertiary/aromatic N) is 2. The SMILES string of the molecule is O=C(c1ccncc1Cl)N1CCCC(CCO)C1. The fourth-order valence-electron chi connectivity index (χ4n) is 2.39. The van der Waals surface area contributed by atoms with Gasteiger partial charge < -0.3 is 10.0 Å². The Bertz CT molecular complexity index is 423. The van der Waals surface area contributed by atoms with Gasteiger partial charge in [0.1, 0.15) is 0 Å². The molecule has 1 aliphatic heterocycles. The fraction of sp³-hybridized carbons (Fsp3) is 0.538. The first-order valence-electron chi connectivity index (χ1n) is 6.22. The van der Waals surface area contributed by atoms with Crippen LogP contribution in [0.2, 0.25) is 5.02 Å². The van der Waals surface area contributed by atoms with E-state index in [2.05, 4.69) is 4.98 Å². The van der Waals surface area contributed by atoms with Crippen molar-refractivity contribution in [2.24, 2.45) is 5.92 Å². The number of amides is 1. The highest BCUT2D eigenvalue weighted by Crippen LogP contribution is 2.23. The number of halogens is 1. The summed E-state index contributed by atoms with van der Waals surface area (Å²) in [4.78, 5) is 18.0. The Hall–Kier alpha value is -1.13. The number of hydrogen-bond donors (Lipinski definition) is 1. The van der Waals surface area contributed by atoms with Gasteiger partial charge in [0.05, 0.1) is 10.6 Å². The van der Waals surface area contributed by atoms with Crippen LogP contribution in [0.25, 0.3) is 0 Å². The smallest absolute Gasteiger partial charge is 0.255 e. The molecule has 1 aliphatic rings. The quantitative estimate of drug-likeness (QED) is 0.912. The fourth-order valence-corrected chi connectivity index (χ4v) is 2.59. The van der Waals surface area contributed by atoms with E-state index < -0.39 is 0 Å². The Morgan fingerprint density at radius 3 is 3.17 bits per heavy atom. The average molecular weight is 269 g/mol. The Morgan fingerprint density at radius 1 is 1.61 bits per heavy atom.